The normalized spacial score (nSPS) is 10.1. The molecule has 0 aliphatic heterocycles. The van der Waals surface area contributed by atoms with Crippen LogP contribution in [0.5, 0.6) is 0 Å². The van der Waals surface area contributed by atoms with Crippen LogP contribution >= 0.6 is 0 Å². The molecule has 0 saturated carbocycles. The lowest BCUT2D eigenvalue weighted by Crippen LogP contribution is -1.98. The van der Waals surface area contributed by atoms with Gasteiger partial charge in [0, 0.05) is 30.2 Å². The maximum Gasteiger partial charge on any atom is 0.123 e. The third kappa shape index (κ3) is 2.48. The van der Waals surface area contributed by atoms with E-state index in [1.165, 1.54) is 12.1 Å². The van der Waals surface area contributed by atoms with Gasteiger partial charge in [-0.2, -0.15) is 5.10 Å². The highest BCUT2D eigenvalue weighted by atomic mass is 19.1. The standard InChI is InChI=1S/C12H12FN3/c1-2-16-9-10(8-15-16)7-14-12-5-3-11(13)4-6-12/h2-6,8-9,14H,1,7H2. The van der Waals surface area contributed by atoms with Gasteiger partial charge >= 0.3 is 0 Å². The van der Waals surface area contributed by atoms with Crippen molar-refractivity contribution in [3.63, 3.8) is 0 Å². The maximum absolute atomic E-state index is 12.6. The van der Waals surface area contributed by atoms with Crippen LogP contribution in [0.1, 0.15) is 5.56 Å². The summed E-state index contributed by atoms with van der Waals surface area (Å²) in [6.45, 7) is 4.26. The van der Waals surface area contributed by atoms with Gasteiger partial charge in [-0.3, -0.25) is 0 Å². The van der Waals surface area contributed by atoms with Gasteiger partial charge in [0.2, 0.25) is 0 Å². The fourth-order valence-corrected chi connectivity index (χ4v) is 1.34. The highest BCUT2D eigenvalue weighted by Crippen LogP contribution is 2.10. The van der Waals surface area contributed by atoms with Crippen molar-refractivity contribution in [1.82, 2.24) is 9.78 Å². The molecule has 0 fully saturated rings. The molecule has 0 radical (unpaired) electrons. The Morgan fingerprint density at radius 2 is 2.12 bits per heavy atom. The Kier molecular flexibility index (Phi) is 3.00. The Hall–Kier alpha value is -2.10. The summed E-state index contributed by atoms with van der Waals surface area (Å²) in [7, 11) is 0. The van der Waals surface area contributed by atoms with Crippen LogP contribution < -0.4 is 5.32 Å². The summed E-state index contributed by atoms with van der Waals surface area (Å²) in [6.07, 6.45) is 5.27. The largest absolute Gasteiger partial charge is 0.381 e. The topological polar surface area (TPSA) is 29.9 Å². The molecule has 2 aromatic rings. The summed E-state index contributed by atoms with van der Waals surface area (Å²) in [5.74, 6) is -0.231. The summed E-state index contributed by atoms with van der Waals surface area (Å²) in [4.78, 5) is 0. The first-order chi connectivity index (χ1) is 7.78. The van der Waals surface area contributed by atoms with Gasteiger partial charge in [0.25, 0.3) is 0 Å². The van der Waals surface area contributed by atoms with Crippen LogP contribution in [0.3, 0.4) is 0 Å². The third-order valence-corrected chi connectivity index (χ3v) is 2.18. The monoisotopic (exact) mass is 217 g/mol. The van der Waals surface area contributed by atoms with Crippen LogP contribution in [0.25, 0.3) is 6.20 Å². The zero-order valence-corrected chi connectivity index (χ0v) is 8.73. The van der Waals surface area contributed by atoms with Crippen LogP contribution in [0.15, 0.2) is 43.2 Å². The number of hydrogen-bond acceptors (Lipinski definition) is 2. The van der Waals surface area contributed by atoms with E-state index in [1.54, 1.807) is 29.2 Å². The third-order valence-electron chi connectivity index (χ3n) is 2.18. The fourth-order valence-electron chi connectivity index (χ4n) is 1.34. The lowest BCUT2D eigenvalue weighted by Gasteiger charge is -2.03. The fraction of sp³-hybridized carbons (Fsp3) is 0.0833. The molecular weight excluding hydrogens is 205 g/mol. The summed E-state index contributed by atoms with van der Waals surface area (Å²) in [5.41, 5.74) is 1.93. The van der Waals surface area contributed by atoms with Gasteiger partial charge in [-0.25, -0.2) is 9.07 Å². The van der Waals surface area contributed by atoms with E-state index in [9.17, 15) is 4.39 Å². The summed E-state index contributed by atoms with van der Waals surface area (Å²) in [5, 5.41) is 7.23. The second-order valence-corrected chi connectivity index (χ2v) is 3.37. The van der Waals surface area contributed by atoms with Crippen LogP contribution in [0, 0.1) is 5.82 Å². The average Bonchev–Trinajstić information content (AvgIpc) is 2.76. The smallest absolute Gasteiger partial charge is 0.123 e. The SMILES string of the molecule is C=Cn1cc(CNc2ccc(F)cc2)cn1. The van der Waals surface area contributed by atoms with E-state index in [4.69, 9.17) is 0 Å². The molecule has 3 nitrogen and oxygen atoms in total. The number of hydrogen-bond donors (Lipinski definition) is 1. The van der Waals surface area contributed by atoms with E-state index in [1.807, 2.05) is 6.20 Å². The van der Waals surface area contributed by atoms with Gasteiger partial charge in [0.1, 0.15) is 5.82 Å². The second-order valence-electron chi connectivity index (χ2n) is 3.37. The number of aromatic nitrogens is 2. The number of benzene rings is 1. The lowest BCUT2D eigenvalue weighted by molar-refractivity contribution is 0.628. The van der Waals surface area contributed by atoms with Crippen molar-refractivity contribution in [1.29, 1.82) is 0 Å². The molecule has 0 saturated heterocycles. The molecule has 1 aromatic carbocycles. The zero-order chi connectivity index (χ0) is 11.4. The zero-order valence-electron chi connectivity index (χ0n) is 8.73. The van der Waals surface area contributed by atoms with E-state index in [-0.39, 0.29) is 5.82 Å². The Balaban J connectivity index is 1.96. The Morgan fingerprint density at radius 3 is 2.75 bits per heavy atom. The molecule has 0 amide bonds. The molecule has 16 heavy (non-hydrogen) atoms. The first kappa shape index (κ1) is 10.4. The maximum atomic E-state index is 12.6. The predicted octanol–water partition coefficient (Wildman–Crippen LogP) is 2.73. The summed E-state index contributed by atoms with van der Waals surface area (Å²) >= 11 is 0. The summed E-state index contributed by atoms with van der Waals surface area (Å²) < 4.78 is 14.3. The van der Waals surface area contributed by atoms with Crippen molar-refractivity contribution in [2.45, 2.75) is 6.54 Å². The molecule has 0 bridgehead atoms. The number of nitrogens with one attached hydrogen (secondary N) is 1. The molecule has 0 spiro atoms. The van der Waals surface area contributed by atoms with Crippen molar-refractivity contribution in [2.75, 3.05) is 5.32 Å². The molecule has 2 rings (SSSR count). The minimum Gasteiger partial charge on any atom is -0.381 e. The molecule has 0 atom stereocenters. The first-order valence-electron chi connectivity index (χ1n) is 4.93. The Morgan fingerprint density at radius 1 is 1.38 bits per heavy atom. The Bertz CT molecular complexity index is 473. The minimum atomic E-state index is -0.231. The van der Waals surface area contributed by atoms with Crippen LogP contribution in [-0.4, -0.2) is 9.78 Å². The van der Waals surface area contributed by atoms with Crippen molar-refractivity contribution < 1.29 is 4.39 Å². The Labute approximate surface area is 93.2 Å². The van der Waals surface area contributed by atoms with Crippen molar-refractivity contribution in [3.05, 3.63) is 54.6 Å². The van der Waals surface area contributed by atoms with E-state index < -0.39 is 0 Å². The second kappa shape index (κ2) is 4.61. The van der Waals surface area contributed by atoms with E-state index in [0.717, 1.165) is 11.3 Å². The van der Waals surface area contributed by atoms with Crippen LogP contribution in [0.4, 0.5) is 10.1 Å². The molecule has 1 aromatic heterocycles. The molecule has 4 heteroatoms. The van der Waals surface area contributed by atoms with Gasteiger partial charge in [-0.05, 0) is 24.3 Å². The number of anilines is 1. The molecule has 1 N–H and O–H groups in total. The van der Waals surface area contributed by atoms with Crippen molar-refractivity contribution in [2.24, 2.45) is 0 Å². The molecular formula is C12H12FN3. The van der Waals surface area contributed by atoms with Gasteiger partial charge in [-0.15, -0.1) is 0 Å². The summed E-state index contributed by atoms with van der Waals surface area (Å²) in [6, 6.07) is 6.26. The van der Waals surface area contributed by atoms with Crippen molar-refractivity contribution in [3.8, 4) is 0 Å². The minimum absolute atomic E-state index is 0.231. The van der Waals surface area contributed by atoms with E-state index >= 15 is 0 Å². The molecule has 82 valence electrons. The molecule has 1 heterocycles. The highest BCUT2D eigenvalue weighted by Gasteiger charge is 1.97. The van der Waals surface area contributed by atoms with Crippen LogP contribution in [-0.2, 0) is 6.54 Å². The van der Waals surface area contributed by atoms with Gasteiger partial charge in [0.15, 0.2) is 0 Å². The first-order valence-corrected chi connectivity index (χ1v) is 4.93. The number of halogens is 1. The van der Waals surface area contributed by atoms with Gasteiger partial charge in [-0.1, -0.05) is 6.58 Å². The lowest BCUT2D eigenvalue weighted by atomic mass is 10.3. The molecule has 0 aliphatic rings. The molecule has 0 unspecified atom stereocenters. The highest BCUT2D eigenvalue weighted by molar-refractivity contribution is 5.43. The average molecular weight is 217 g/mol. The number of rotatable bonds is 4. The van der Waals surface area contributed by atoms with Gasteiger partial charge < -0.3 is 5.32 Å². The van der Waals surface area contributed by atoms with Crippen molar-refractivity contribution >= 4 is 11.9 Å². The van der Waals surface area contributed by atoms with E-state index in [2.05, 4.69) is 17.0 Å². The van der Waals surface area contributed by atoms with E-state index in [0.29, 0.717) is 6.54 Å². The van der Waals surface area contributed by atoms with Gasteiger partial charge in [0.05, 0.1) is 6.20 Å². The predicted molar refractivity (Wildman–Crippen MR) is 62.3 cm³/mol. The molecule has 0 aliphatic carbocycles. The quantitative estimate of drug-likeness (QED) is 0.853. The number of nitrogens with zero attached hydrogens (tertiary/aromatic N) is 2. The van der Waals surface area contributed by atoms with Crippen LogP contribution in [0.2, 0.25) is 0 Å².